The van der Waals surface area contributed by atoms with Crippen LogP contribution in [-0.4, -0.2) is 67.6 Å². The molecule has 0 aromatic heterocycles. The van der Waals surface area contributed by atoms with Gasteiger partial charge < -0.3 is 24.8 Å². The first-order valence-electron chi connectivity index (χ1n) is 9.33. The fraction of sp³-hybridized carbons (Fsp3) is 0.632. The Morgan fingerprint density at radius 2 is 1.96 bits per heavy atom. The Balaban J connectivity index is 0.00000364. The molecule has 1 heterocycles. The lowest BCUT2D eigenvalue weighted by molar-refractivity contribution is 0.0263. The molecule has 1 aromatic carbocycles. The standard InChI is InChI=1S/C19H30FN3O3.HI/c1-3-21-19(23-11-9-18(10-12-23)25-4-2)22-13-16(24)14-26-17-7-5-15(20)6-8-17;/h5-8,16,18,24H,3-4,9-14H2,1-2H3,(H,21,22);1H. The molecule has 2 N–H and O–H groups in total. The van der Waals surface area contributed by atoms with E-state index in [4.69, 9.17) is 9.47 Å². The molecule has 0 radical (unpaired) electrons. The van der Waals surface area contributed by atoms with Crippen molar-refractivity contribution in [2.45, 2.75) is 38.9 Å². The number of ether oxygens (including phenoxy) is 2. The molecule has 0 saturated carbocycles. The molecule has 1 fully saturated rings. The molecular weight excluding hydrogens is 464 g/mol. The predicted octanol–water partition coefficient (Wildman–Crippen LogP) is 2.65. The van der Waals surface area contributed by atoms with Crippen LogP contribution in [0, 0.1) is 5.82 Å². The van der Waals surface area contributed by atoms with Gasteiger partial charge in [-0.2, -0.15) is 0 Å². The third-order valence-corrected chi connectivity index (χ3v) is 4.19. The van der Waals surface area contributed by atoms with Crippen molar-refractivity contribution in [2.24, 2.45) is 4.99 Å². The summed E-state index contributed by atoms with van der Waals surface area (Å²) in [5.41, 5.74) is 0. The summed E-state index contributed by atoms with van der Waals surface area (Å²) in [6, 6.07) is 5.74. The monoisotopic (exact) mass is 495 g/mol. The van der Waals surface area contributed by atoms with Gasteiger partial charge in [-0.1, -0.05) is 0 Å². The number of benzene rings is 1. The number of nitrogens with zero attached hydrogens (tertiary/aromatic N) is 2. The number of rotatable bonds is 8. The highest BCUT2D eigenvalue weighted by atomic mass is 127. The zero-order valence-corrected chi connectivity index (χ0v) is 18.4. The van der Waals surface area contributed by atoms with Gasteiger partial charge in [0.15, 0.2) is 5.96 Å². The number of aliphatic hydroxyl groups is 1. The van der Waals surface area contributed by atoms with Gasteiger partial charge in [0.25, 0.3) is 0 Å². The summed E-state index contributed by atoms with van der Waals surface area (Å²) in [5, 5.41) is 13.4. The van der Waals surface area contributed by atoms with Gasteiger partial charge in [-0.05, 0) is 51.0 Å². The lowest BCUT2D eigenvalue weighted by Gasteiger charge is -2.34. The topological polar surface area (TPSA) is 66.3 Å². The van der Waals surface area contributed by atoms with Crippen molar-refractivity contribution in [1.82, 2.24) is 10.2 Å². The molecule has 0 bridgehead atoms. The first kappa shape index (κ1) is 23.9. The zero-order chi connectivity index (χ0) is 18.8. The summed E-state index contributed by atoms with van der Waals surface area (Å²) >= 11 is 0. The third kappa shape index (κ3) is 8.61. The first-order valence-corrected chi connectivity index (χ1v) is 9.33. The van der Waals surface area contributed by atoms with Gasteiger partial charge in [0.2, 0.25) is 0 Å². The Bertz CT molecular complexity index is 552. The van der Waals surface area contributed by atoms with Crippen LogP contribution in [0.4, 0.5) is 4.39 Å². The Morgan fingerprint density at radius 3 is 2.56 bits per heavy atom. The van der Waals surface area contributed by atoms with E-state index in [1.807, 2.05) is 13.8 Å². The van der Waals surface area contributed by atoms with Gasteiger partial charge in [-0.15, -0.1) is 24.0 Å². The van der Waals surface area contributed by atoms with E-state index >= 15 is 0 Å². The first-order chi connectivity index (χ1) is 12.6. The Labute approximate surface area is 178 Å². The van der Waals surface area contributed by atoms with Crippen molar-refractivity contribution in [3.8, 4) is 5.75 Å². The van der Waals surface area contributed by atoms with Crippen LogP contribution in [0.3, 0.4) is 0 Å². The second-order valence-corrected chi connectivity index (χ2v) is 6.26. The average Bonchev–Trinajstić information content (AvgIpc) is 2.65. The molecule has 1 aromatic rings. The molecule has 0 spiro atoms. The van der Waals surface area contributed by atoms with E-state index in [1.54, 1.807) is 0 Å². The number of aliphatic hydroxyl groups excluding tert-OH is 1. The molecule has 8 heteroatoms. The molecule has 2 rings (SSSR count). The smallest absolute Gasteiger partial charge is 0.194 e. The molecule has 0 aliphatic carbocycles. The summed E-state index contributed by atoms with van der Waals surface area (Å²) < 4.78 is 24.0. The molecule has 1 aliphatic heterocycles. The number of halogens is 2. The highest BCUT2D eigenvalue weighted by Gasteiger charge is 2.21. The van der Waals surface area contributed by atoms with Crippen LogP contribution in [0.5, 0.6) is 5.75 Å². The minimum atomic E-state index is -0.727. The highest BCUT2D eigenvalue weighted by molar-refractivity contribution is 14.0. The molecule has 27 heavy (non-hydrogen) atoms. The van der Waals surface area contributed by atoms with E-state index < -0.39 is 6.10 Å². The van der Waals surface area contributed by atoms with E-state index in [0.717, 1.165) is 45.0 Å². The quantitative estimate of drug-likeness (QED) is 0.330. The van der Waals surface area contributed by atoms with Gasteiger partial charge in [0.1, 0.15) is 24.3 Å². The van der Waals surface area contributed by atoms with Crippen molar-refractivity contribution >= 4 is 29.9 Å². The van der Waals surface area contributed by atoms with E-state index in [1.165, 1.54) is 24.3 Å². The van der Waals surface area contributed by atoms with Crippen LogP contribution < -0.4 is 10.1 Å². The largest absolute Gasteiger partial charge is 0.491 e. The maximum absolute atomic E-state index is 12.9. The zero-order valence-electron chi connectivity index (χ0n) is 16.1. The van der Waals surface area contributed by atoms with Crippen molar-refractivity contribution in [1.29, 1.82) is 0 Å². The summed E-state index contributed by atoms with van der Waals surface area (Å²) in [4.78, 5) is 6.74. The fourth-order valence-electron chi connectivity index (χ4n) is 2.86. The Hall–Kier alpha value is -1.13. The summed E-state index contributed by atoms with van der Waals surface area (Å²) in [6.45, 7) is 7.70. The van der Waals surface area contributed by atoms with Gasteiger partial charge in [-0.3, -0.25) is 4.99 Å². The number of nitrogens with one attached hydrogen (secondary N) is 1. The van der Waals surface area contributed by atoms with Crippen LogP contribution in [-0.2, 0) is 4.74 Å². The number of piperidine rings is 1. The third-order valence-electron chi connectivity index (χ3n) is 4.19. The normalized spacial score (nSPS) is 16.6. The predicted molar refractivity (Wildman–Crippen MR) is 116 cm³/mol. The minimum Gasteiger partial charge on any atom is -0.491 e. The second kappa shape index (κ2) is 13.1. The maximum Gasteiger partial charge on any atom is 0.194 e. The summed E-state index contributed by atoms with van der Waals surface area (Å²) in [6.07, 6.45) is 1.56. The van der Waals surface area contributed by atoms with Gasteiger partial charge in [-0.25, -0.2) is 4.39 Å². The van der Waals surface area contributed by atoms with Crippen molar-refractivity contribution in [2.75, 3.05) is 39.4 Å². The SMILES string of the molecule is CCNC(=NCC(O)COc1ccc(F)cc1)N1CCC(OCC)CC1.I. The number of hydrogen-bond donors (Lipinski definition) is 2. The van der Waals surface area contributed by atoms with Crippen LogP contribution in [0.15, 0.2) is 29.3 Å². The molecule has 1 saturated heterocycles. The molecule has 1 atom stereocenters. The molecular formula is C19H31FIN3O3. The fourth-order valence-corrected chi connectivity index (χ4v) is 2.86. The lowest BCUT2D eigenvalue weighted by Crippen LogP contribution is -2.47. The van der Waals surface area contributed by atoms with Crippen LogP contribution in [0.1, 0.15) is 26.7 Å². The van der Waals surface area contributed by atoms with Crippen molar-refractivity contribution in [3.63, 3.8) is 0 Å². The highest BCUT2D eigenvalue weighted by Crippen LogP contribution is 2.14. The second-order valence-electron chi connectivity index (χ2n) is 6.26. The van der Waals surface area contributed by atoms with E-state index in [9.17, 15) is 9.50 Å². The van der Waals surface area contributed by atoms with E-state index in [0.29, 0.717) is 11.9 Å². The molecule has 1 unspecified atom stereocenters. The molecule has 154 valence electrons. The number of likely N-dealkylation sites (tertiary alicyclic amines) is 1. The van der Waals surface area contributed by atoms with Crippen LogP contribution in [0.25, 0.3) is 0 Å². The van der Waals surface area contributed by atoms with Gasteiger partial charge >= 0.3 is 0 Å². The minimum absolute atomic E-state index is 0. The van der Waals surface area contributed by atoms with Crippen LogP contribution >= 0.6 is 24.0 Å². The Kier molecular flexibility index (Phi) is 11.6. The molecule has 0 amide bonds. The van der Waals surface area contributed by atoms with Crippen LogP contribution in [0.2, 0.25) is 0 Å². The number of aliphatic imine (C=N–C) groups is 1. The molecule has 1 aliphatic rings. The van der Waals surface area contributed by atoms with Crippen molar-refractivity contribution in [3.05, 3.63) is 30.1 Å². The van der Waals surface area contributed by atoms with E-state index in [-0.39, 0.29) is 42.9 Å². The number of guanidine groups is 1. The number of hydrogen-bond acceptors (Lipinski definition) is 4. The lowest BCUT2D eigenvalue weighted by atomic mass is 10.1. The average molecular weight is 495 g/mol. The molecule has 6 nitrogen and oxygen atoms in total. The summed E-state index contributed by atoms with van der Waals surface area (Å²) in [5.74, 6) is 1.02. The van der Waals surface area contributed by atoms with Gasteiger partial charge in [0.05, 0.1) is 12.6 Å². The van der Waals surface area contributed by atoms with Gasteiger partial charge in [0, 0.05) is 26.2 Å². The van der Waals surface area contributed by atoms with Crippen molar-refractivity contribution < 1.29 is 19.0 Å². The van der Waals surface area contributed by atoms with E-state index in [2.05, 4.69) is 15.2 Å². The maximum atomic E-state index is 12.9. The Morgan fingerprint density at radius 1 is 1.30 bits per heavy atom. The summed E-state index contributed by atoms with van der Waals surface area (Å²) in [7, 11) is 0.